The normalized spacial score (nSPS) is 7.38. The van der Waals surface area contributed by atoms with Crippen LogP contribution in [0, 0.1) is 12.1 Å². The first-order valence-corrected chi connectivity index (χ1v) is 3.82. The molecule has 0 bridgehead atoms. The summed E-state index contributed by atoms with van der Waals surface area (Å²) in [5.74, 6) is 0. The molecule has 0 fully saturated rings. The van der Waals surface area contributed by atoms with Gasteiger partial charge in [0.1, 0.15) is 0 Å². The van der Waals surface area contributed by atoms with Gasteiger partial charge in [-0.15, -0.1) is 0 Å². The van der Waals surface area contributed by atoms with Gasteiger partial charge in [-0.05, 0) is 0 Å². The van der Waals surface area contributed by atoms with Crippen molar-refractivity contribution in [2.75, 3.05) is 0 Å². The molecule has 0 unspecified atom stereocenters. The minimum atomic E-state index is 0. The fourth-order valence-corrected chi connectivity index (χ4v) is 0.684. The molecule has 63 valence electrons. The van der Waals surface area contributed by atoms with Crippen molar-refractivity contribution in [1.29, 1.82) is 0 Å². The van der Waals surface area contributed by atoms with Crippen molar-refractivity contribution >= 4 is 0 Å². The zero-order valence-corrected chi connectivity index (χ0v) is 10.2. The monoisotopic (exact) mass is 243 g/mol. The van der Waals surface area contributed by atoms with Gasteiger partial charge >= 0.3 is 0 Å². The maximum absolute atomic E-state index is 2.89. The Morgan fingerprint density at radius 3 is 0.846 bits per heavy atom. The van der Waals surface area contributed by atoms with Crippen LogP contribution in [0.4, 0.5) is 0 Å². The second kappa shape index (κ2) is 9.63. The zero-order chi connectivity index (χ0) is 8.49. The molecule has 0 nitrogen and oxygen atoms in total. The van der Waals surface area contributed by atoms with Crippen molar-refractivity contribution in [2.45, 2.75) is 0 Å². The van der Waals surface area contributed by atoms with Crippen LogP contribution in [0.25, 0.3) is 0 Å². The van der Waals surface area contributed by atoms with Gasteiger partial charge in [0.2, 0.25) is 0 Å². The minimum Gasteiger partial charge on any atom is -0.184 e. The summed E-state index contributed by atoms with van der Waals surface area (Å²) in [5.41, 5.74) is 0. The van der Waals surface area contributed by atoms with E-state index in [1.807, 2.05) is 60.7 Å². The zero-order valence-electron chi connectivity index (χ0n) is 7.35. The Morgan fingerprint density at radius 2 is 0.769 bits per heavy atom. The molecule has 2 aromatic carbocycles. The van der Waals surface area contributed by atoms with Crippen LogP contribution >= 0.6 is 0 Å². The SMILES string of the molecule is [Y].[c-]1ccccc1.[c-]1ccccc1. The average molecular weight is 243 g/mol. The van der Waals surface area contributed by atoms with E-state index in [9.17, 15) is 0 Å². The van der Waals surface area contributed by atoms with Gasteiger partial charge < -0.3 is 0 Å². The number of hydrogen-bond acceptors (Lipinski definition) is 0. The Kier molecular flexibility index (Phi) is 9.29. The Hall–Kier alpha value is -0.456. The molecule has 0 saturated heterocycles. The molecule has 1 heteroatoms. The average Bonchev–Trinajstić information content (AvgIpc) is 2.24. The third-order valence-corrected chi connectivity index (χ3v) is 1.21. The van der Waals surface area contributed by atoms with Gasteiger partial charge in [0.25, 0.3) is 0 Å². The number of benzene rings is 2. The van der Waals surface area contributed by atoms with E-state index in [-0.39, 0.29) is 32.7 Å². The molecule has 13 heavy (non-hydrogen) atoms. The van der Waals surface area contributed by atoms with Crippen LogP contribution < -0.4 is 0 Å². The van der Waals surface area contributed by atoms with Crippen molar-refractivity contribution in [3.8, 4) is 0 Å². The third-order valence-electron chi connectivity index (χ3n) is 1.21. The summed E-state index contributed by atoms with van der Waals surface area (Å²) in [6, 6.07) is 25.0. The Bertz CT molecular complexity index is 181. The molecule has 0 saturated carbocycles. The molecule has 0 aliphatic rings. The topological polar surface area (TPSA) is 0 Å². The number of hydrogen-bond donors (Lipinski definition) is 0. The van der Waals surface area contributed by atoms with Crippen molar-refractivity contribution in [3.63, 3.8) is 0 Å². The van der Waals surface area contributed by atoms with Crippen LogP contribution in [-0.2, 0) is 32.7 Å². The first-order valence-electron chi connectivity index (χ1n) is 3.82. The Balaban J connectivity index is 0.000000206. The summed E-state index contributed by atoms with van der Waals surface area (Å²) < 4.78 is 0. The largest absolute Gasteiger partial charge is 0.184 e. The van der Waals surface area contributed by atoms with E-state index in [1.165, 1.54) is 0 Å². The van der Waals surface area contributed by atoms with Crippen LogP contribution in [0.3, 0.4) is 0 Å². The minimum absolute atomic E-state index is 0. The van der Waals surface area contributed by atoms with Gasteiger partial charge in [0, 0.05) is 32.7 Å². The molecular weight excluding hydrogens is 233 g/mol. The predicted molar refractivity (Wildman–Crippen MR) is 50.6 cm³/mol. The summed E-state index contributed by atoms with van der Waals surface area (Å²) in [4.78, 5) is 0. The molecule has 0 aliphatic heterocycles. The van der Waals surface area contributed by atoms with Crippen molar-refractivity contribution in [2.24, 2.45) is 0 Å². The van der Waals surface area contributed by atoms with Gasteiger partial charge in [-0.1, -0.05) is 0 Å². The molecule has 2 rings (SSSR count). The molecular formula is C12H10Y-2. The van der Waals surface area contributed by atoms with Crippen LogP contribution in [-0.4, -0.2) is 0 Å². The molecule has 0 heterocycles. The van der Waals surface area contributed by atoms with E-state index >= 15 is 0 Å². The summed E-state index contributed by atoms with van der Waals surface area (Å²) in [6.07, 6.45) is 0. The maximum Gasteiger partial charge on any atom is 0 e. The maximum atomic E-state index is 2.89. The molecule has 1 radical (unpaired) electrons. The van der Waals surface area contributed by atoms with E-state index in [0.29, 0.717) is 0 Å². The van der Waals surface area contributed by atoms with Gasteiger partial charge in [0.15, 0.2) is 0 Å². The third kappa shape index (κ3) is 7.89. The van der Waals surface area contributed by atoms with E-state index in [1.54, 1.807) is 0 Å². The first kappa shape index (κ1) is 12.5. The smallest absolute Gasteiger partial charge is 0 e. The number of rotatable bonds is 0. The van der Waals surface area contributed by atoms with E-state index in [2.05, 4.69) is 12.1 Å². The van der Waals surface area contributed by atoms with Crippen molar-refractivity contribution in [3.05, 3.63) is 72.8 Å². The molecule has 0 aromatic heterocycles. The Labute approximate surface area is 105 Å². The van der Waals surface area contributed by atoms with Crippen molar-refractivity contribution < 1.29 is 32.7 Å². The fraction of sp³-hybridized carbons (Fsp3) is 0. The molecule has 0 N–H and O–H groups in total. The van der Waals surface area contributed by atoms with Gasteiger partial charge in [0.05, 0.1) is 0 Å². The summed E-state index contributed by atoms with van der Waals surface area (Å²) in [7, 11) is 0. The molecule has 0 amide bonds. The van der Waals surface area contributed by atoms with E-state index < -0.39 is 0 Å². The summed E-state index contributed by atoms with van der Waals surface area (Å²) in [5, 5.41) is 0. The summed E-state index contributed by atoms with van der Waals surface area (Å²) >= 11 is 0. The van der Waals surface area contributed by atoms with Crippen LogP contribution in [0.15, 0.2) is 60.7 Å². The fourth-order valence-electron chi connectivity index (χ4n) is 0.684. The quantitative estimate of drug-likeness (QED) is 0.624. The van der Waals surface area contributed by atoms with Crippen molar-refractivity contribution in [1.82, 2.24) is 0 Å². The summed E-state index contributed by atoms with van der Waals surface area (Å²) in [6.45, 7) is 0. The van der Waals surface area contributed by atoms with Gasteiger partial charge in [-0.2, -0.15) is 72.8 Å². The first-order chi connectivity index (χ1) is 6.00. The van der Waals surface area contributed by atoms with Crippen LogP contribution in [0.1, 0.15) is 0 Å². The van der Waals surface area contributed by atoms with E-state index in [4.69, 9.17) is 0 Å². The van der Waals surface area contributed by atoms with Crippen LogP contribution in [0.2, 0.25) is 0 Å². The predicted octanol–water partition coefficient (Wildman–Crippen LogP) is 2.97. The van der Waals surface area contributed by atoms with Crippen LogP contribution in [0.5, 0.6) is 0 Å². The van der Waals surface area contributed by atoms with E-state index in [0.717, 1.165) is 0 Å². The molecule has 0 spiro atoms. The van der Waals surface area contributed by atoms with Gasteiger partial charge in [-0.3, -0.25) is 0 Å². The molecule has 2 aromatic rings. The second-order valence-electron chi connectivity index (χ2n) is 2.15. The Morgan fingerprint density at radius 1 is 0.462 bits per heavy atom. The second-order valence-corrected chi connectivity index (χ2v) is 2.15. The molecule has 0 aliphatic carbocycles. The standard InChI is InChI=1S/2C6H5.Y/c2*1-2-4-6-5-3-1;/h2*1-5H;/q2*-1;. The molecule has 0 atom stereocenters. The van der Waals surface area contributed by atoms with Gasteiger partial charge in [-0.25, -0.2) is 0 Å².